The van der Waals surface area contributed by atoms with Crippen LogP contribution in [0.5, 0.6) is 5.75 Å². The highest BCUT2D eigenvalue weighted by Crippen LogP contribution is 2.34. The third kappa shape index (κ3) is 3.80. The van der Waals surface area contributed by atoms with Crippen LogP contribution in [0.4, 0.5) is 5.69 Å². The molecule has 1 aromatic rings. The molecule has 0 aromatic heterocycles. The number of rotatable bonds is 4. The number of ether oxygens (including phenoxy) is 1. The van der Waals surface area contributed by atoms with E-state index in [9.17, 15) is 9.59 Å². The quantitative estimate of drug-likeness (QED) is 0.731. The van der Waals surface area contributed by atoms with Crippen LogP contribution < -0.4 is 9.64 Å². The highest BCUT2D eigenvalue weighted by Gasteiger charge is 2.37. The van der Waals surface area contributed by atoms with E-state index >= 15 is 0 Å². The third-order valence-corrected chi connectivity index (χ3v) is 6.28. The number of likely N-dealkylation sites (tertiary alicyclic amines) is 1. The number of benzene rings is 1. The summed E-state index contributed by atoms with van der Waals surface area (Å²) in [5.41, 5.74) is 0.651. The van der Waals surface area contributed by atoms with E-state index in [1.54, 1.807) is 17.8 Å². The van der Waals surface area contributed by atoms with E-state index < -0.39 is 0 Å². The number of carbonyl (C=O) groups excluding carboxylic acids is 2. The van der Waals surface area contributed by atoms with Crippen LogP contribution in [-0.4, -0.2) is 79.5 Å². The van der Waals surface area contributed by atoms with E-state index in [1.807, 2.05) is 31.1 Å². The van der Waals surface area contributed by atoms with Crippen LogP contribution in [0.1, 0.15) is 0 Å². The lowest BCUT2D eigenvalue weighted by atomic mass is 10.2. The molecular formula is C17H22BrN3O3S. The summed E-state index contributed by atoms with van der Waals surface area (Å²) in [6, 6.07) is 5.81. The molecule has 2 heterocycles. The van der Waals surface area contributed by atoms with Crippen molar-refractivity contribution < 1.29 is 14.3 Å². The Hall–Kier alpha value is -1.25. The number of hydrogen-bond donors (Lipinski definition) is 0. The summed E-state index contributed by atoms with van der Waals surface area (Å²) in [5.74, 6) is 0.414. The van der Waals surface area contributed by atoms with Gasteiger partial charge in [0.15, 0.2) is 6.61 Å². The average Bonchev–Trinajstić information content (AvgIpc) is 3.02. The highest BCUT2D eigenvalue weighted by atomic mass is 79.9. The first-order chi connectivity index (χ1) is 11.9. The van der Waals surface area contributed by atoms with Crippen LogP contribution in [0.15, 0.2) is 22.7 Å². The summed E-state index contributed by atoms with van der Waals surface area (Å²) in [4.78, 5) is 30.7. The Kier molecular flexibility index (Phi) is 5.60. The zero-order valence-electron chi connectivity index (χ0n) is 14.6. The molecule has 0 N–H and O–H groups in total. The van der Waals surface area contributed by atoms with Gasteiger partial charge in [-0.15, -0.1) is 0 Å². The molecule has 0 spiro atoms. The van der Waals surface area contributed by atoms with Crippen LogP contribution in [0.3, 0.4) is 0 Å². The normalized spacial score (nSPS) is 23.0. The molecule has 0 aliphatic carbocycles. The second-order valence-electron chi connectivity index (χ2n) is 6.48. The molecule has 8 heteroatoms. The molecule has 6 nitrogen and oxygen atoms in total. The number of thioether (sulfide) groups is 1. The smallest absolute Gasteiger partial charge is 0.265 e. The Labute approximate surface area is 160 Å². The van der Waals surface area contributed by atoms with E-state index in [-0.39, 0.29) is 25.0 Å². The number of carbonyl (C=O) groups is 2. The lowest BCUT2D eigenvalue weighted by Gasteiger charge is -2.30. The van der Waals surface area contributed by atoms with Gasteiger partial charge in [-0.3, -0.25) is 14.5 Å². The van der Waals surface area contributed by atoms with Crippen molar-refractivity contribution in [2.45, 2.75) is 11.3 Å². The molecule has 2 aliphatic heterocycles. The van der Waals surface area contributed by atoms with Gasteiger partial charge >= 0.3 is 0 Å². The number of likely N-dealkylation sites (N-methyl/N-ethyl adjacent to an activating group) is 1. The van der Waals surface area contributed by atoms with Crippen molar-refractivity contribution >= 4 is 45.2 Å². The predicted octanol–water partition coefficient (Wildman–Crippen LogP) is 1.68. The number of fused-ring (bicyclic) bond motifs is 1. The Morgan fingerprint density at radius 2 is 2.16 bits per heavy atom. The number of halogens is 1. The van der Waals surface area contributed by atoms with Gasteiger partial charge < -0.3 is 14.5 Å². The maximum atomic E-state index is 12.8. The van der Waals surface area contributed by atoms with Crippen molar-refractivity contribution in [2.24, 2.45) is 0 Å². The second kappa shape index (κ2) is 7.55. The van der Waals surface area contributed by atoms with Gasteiger partial charge in [-0.2, -0.15) is 11.8 Å². The molecule has 136 valence electrons. The first-order valence-electron chi connectivity index (χ1n) is 8.10. The Morgan fingerprint density at radius 3 is 2.80 bits per heavy atom. The van der Waals surface area contributed by atoms with Gasteiger partial charge in [0.25, 0.3) is 5.91 Å². The summed E-state index contributed by atoms with van der Waals surface area (Å²) < 4.78 is 6.36. The van der Waals surface area contributed by atoms with Crippen LogP contribution in [0.2, 0.25) is 0 Å². The van der Waals surface area contributed by atoms with Crippen molar-refractivity contribution in [3.05, 3.63) is 22.7 Å². The predicted molar refractivity (Wildman–Crippen MR) is 103 cm³/mol. The van der Waals surface area contributed by atoms with Gasteiger partial charge in [0, 0.05) is 28.9 Å². The fourth-order valence-electron chi connectivity index (χ4n) is 3.27. The Bertz CT molecular complexity index is 685. The van der Waals surface area contributed by atoms with Gasteiger partial charge in [0.2, 0.25) is 5.91 Å². The number of hydrogen-bond acceptors (Lipinski definition) is 5. The van der Waals surface area contributed by atoms with Gasteiger partial charge in [-0.05, 0) is 38.6 Å². The summed E-state index contributed by atoms with van der Waals surface area (Å²) in [6.07, 6.45) is 2.08. The number of nitrogens with zero attached hydrogens (tertiary/aromatic N) is 3. The Morgan fingerprint density at radius 1 is 1.40 bits per heavy atom. The zero-order chi connectivity index (χ0) is 18.1. The SMILES string of the molecule is CS[C@H]1CN(C(=O)CN2C(=O)COc3cc(Br)ccc32)C[C@H]1N(C)C. The fourth-order valence-corrected chi connectivity index (χ4v) is 4.59. The summed E-state index contributed by atoms with van der Waals surface area (Å²) in [7, 11) is 4.09. The van der Waals surface area contributed by atoms with Crippen LogP contribution >= 0.6 is 27.7 Å². The van der Waals surface area contributed by atoms with E-state index in [2.05, 4.69) is 27.1 Å². The second-order valence-corrected chi connectivity index (χ2v) is 8.48. The minimum atomic E-state index is -0.187. The molecule has 25 heavy (non-hydrogen) atoms. The topological polar surface area (TPSA) is 53.1 Å². The molecular weight excluding hydrogens is 406 g/mol. The van der Waals surface area contributed by atoms with Gasteiger partial charge in [0.05, 0.1) is 5.69 Å². The molecule has 3 rings (SSSR count). The lowest BCUT2D eigenvalue weighted by molar-refractivity contribution is -0.131. The molecule has 0 bridgehead atoms. The van der Waals surface area contributed by atoms with E-state index in [4.69, 9.17) is 4.74 Å². The lowest BCUT2D eigenvalue weighted by Crippen LogP contribution is -2.46. The molecule has 2 aliphatic rings. The van der Waals surface area contributed by atoms with E-state index in [0.717, 1.165) is 4.47 Å². The van der Waals surface area contributed by atoms with E-state index in [1.165, 1.54) is 4.90 Å². The molecule has 2 amide bonds. The fraction of sp³-hybridized carbons (Fsp3) is 0.529. The van der Waals surface area contributed by atoms with Crippen LogP contribution in [0.25, 0.3) is 0 Å². The van der Waals surface area contributed by atoms with E-state index in [0.29, 0.717) is 35.8 Å². The van der Waals surface area contributed by atoms with Crippen molar-refractivity contribution in [1.29, 1.82) is 0 Å². The van der Waals surface area contributed by atoms with Crippen LogP contribution in [0, 0.1) is 0 Å². The van der Waals surface area contributed by atoms with Gasteiger partial charge in [-0.1, -0.05) is 15.9 Å². The zero-order valence-corrected chi connectivity index (χ0v) is 17.0. The first-order valence-corrected chi connectivity index (χ1v) is 10.2. The molecule has 0 unspecified atom stereocenters. The van der Waals surface area contributed by atoms with Gasteiger partial charge in [-0.25, -0.2) is 0 Å². The summed E-state index contributed by atoms with van der Waals surface area (Å²) in [6.45, 7) is 1.43. The summed E-state index contributed by atoms with van der Waals surface area (Å²) >= 11 is 5.18. The molecule has 0 saturated carbocycles. The molecule has 0 radical (unpaired) electrons. The van der Waals surface area contributed by atoms with Crippen molar-refractivity contribution in [3.8, 4) is 5.75 Å². The Balaban J connectivity index is 1.74. The van der Waals surface area contributed by atoms with Crippen LogP contribution in [-0.2, 0) is 9.59 Å². The first kappa shape index (κ1) is 18.5. The standard InChI is InChI=1S/C17H22BrN3O3S/c1-19(2)13-7-20(8-15(13)25-3)16(22)9-21-12-5-4-11(18)6-14(12)24-10-17(21)23/h4-6,13,15H,7-10H2,1-3H3/t13-,15+/m1/s1. The van der Waals surface area contributed by atoms with Gasteiger partial charge in [0.1, 0.15) is 12.3 Å². The van der Waals surface area contributed by atoms with Crippen molar-refractivity contribution in [1.82, 2.24) is 9.80 Å². The van der Waals surface area contributed by atoms with Crippen molar-refractivity contribution in [3.63, 3.8) is 0 Å². The largest absolute Gasteiger partial charge is 0.482 e. The third-order valence-electron chi connectivity index (χ3n) is 4.71. The maximum absolute atomic E-state index is 12.8. The highest BCUT2D eigenvalue weighted by molar-refractivity contribution is 9.10. The number of anilines is 1. The molecule has 1 aromatic carbocycles. The number of amides is 2. The monoisotopic (exact) mass is 427 g/mol. The molecule has 2 atom stereocenters. The minimum Gasteiger partial charge on any atom is -0.482 e. The minimum absolute atomic E-state index is 0.0208. The van der Waals surface area contributed by atoms with Crippen molar-refractivity contribution in [2.75, 3.05) is 51.5 Å². The average molecular weight is 428 g/mol. The maximum Gasteiger partial charge on any atom is 0.265 e. The molecule has 1 fully saturated rings. The summed E-state index contributed by atoms with van der Waals surface area (Å²) in [5, 5.41) is 0.391. The molecule has 1 saturated heterocycles.